The summed E-state index contributed by atoms with van der Waals surface area (Å²) in [6, 6.07) is 12.6. The molecule has 0 unspecified atom stereocenters. The lowest BCUT2D eigenvalue weighted by molar-refractivity contribution is 0.322. The lowest BCUT2D eigenvalue weighted by Gasteiger charge is -2.16. The fourth-order valence-electron chi connectivity index (χ4n) is 2.15. The Labute approximate surface area is 130 Å². The number of benzene rings is 1. The summed E-state index contributed by atoms with van der Waals surface area (Å²) >= 11 is 6.92. The number of thiophene rings is 1. The first kappa shape index (κ1) is 15.2. The number of thiocarbonyl (C=S) groups is 1. The minimum absolute atomic E-state index is 0.459. The van der Waals surface area contributed by atoms with E-state index in [9.17, 15) is 0 Å². The van der Waals surface area contributed by atoms with Gasteiger partial charge in [0.1, 0.15) is 4.99 Å². The quantitative estimate of drug-likeness (QED) is 0.827. The summed E-state index contributed by atoms with van der Waals surface area (Å²) in [6.07, 6.45) is 1.12. The van der Waals surface area contributed by atoms with E-state index in [1.54, 1.807) is 0 Å². The highest BCUT2D eigenvalue weighted by Crippen LogP contribution is 2.19. The van der Waals surface area contributed by atoms with Crippen LogP contribution >= 0.6 is 23.6 Å². The normalized spacial score (nSPS) is 10.9. The zero-order chi connectivity index (χ0) is 14.5. The van der Waals surface area contributed by atoms with Gasteiger partial charge in [0.2, 0.25) is 0 Å². The van der Waals surface area contributed by atoms with E-state index in [1.807, 2.05) is 23.5 Å². The molecule has 0 atom stereocenters. The van der Waals surface area contributed by atoms with Gasteiger partial charge >= 0.3 is 0 Å². The van der Waals surface area contributed by atoms with E-state index >= 15 is 0 Å². The molecular weight excluding hydrogens is 284 g/mol. The molecule has 0 saturated carbocycles. The van der Waals surface area contributed by atoms with Crippen LogP contribution in [0.15, 0.2) is 36.4 Å². The maximum absolute atomic E-state index is 5.67. The Balaban J connectivity index is 1.98. The Bertz CT molecular complexity index is 590. The molecule has 1 aromatic heterocycles. The van der Waals surface area contributed by atoms with Crippen molar-refractivity contribution < 1.29 is 0 Å². The molecule has 0 amide bonds. The van der Waals surface area contributed by atoms with E-state index < -0.39 is 0 Å². The molecule has 0 saturated heterocycles. The molecule has 2 nitrogen and oxygen atoms in total. The highest BCUT2D eigenvalue weighted by atomic mass is 32.1. The largest absolute Gasteiger partial charge is 0.389 e. The smallest absolute Gasteiger partial charge is 0.103 e. The van der Waals surface area contributed by atoms with Gasteiger partial charge in [-0.2, -0.15) is 0 Å². The predicted octanol–water partition coefficient (Wildman–Crippen LogP) is 3.58. The molecule has 0 aliphatic rings. The molecule has 2 rings (SSSR count). The molecule has 0 radical (unpaired) electrons. The fraction of sp³-hybridized carbons (Fsp3) is 0.312. The van der Waals surface area contributed by atoms with Crippen molar-refractivity contribution in [3.8, 4) is 0 Å². The molecule has 2 N–H and O–H groups in total. The number of nitrogens with two attached hydrogens (primary N) is 1. The summed E-state index contributed by atoms with van der Waals surface area (Å²) in [5, 5.41) is 0. The summed E-state index contributed by atoms with van der Waals surface area (Å²) in [5.41, 5.74) is 7.86. The van der Waals surface area contributed by atoms with Crippen LogP contribution in [0.2, 0.25) is 0 Å². The van der Waals surface area contributed by atoms with Gasteiger partial charge in [0.15, 0.2) is 0 Å². The van der Waals surface area contributed by atoms with Crippen molar-refractivity contribution >= 4 is 28.5 Å². The Morgan fingerprint density at radius 3 is 2.60 bits per heavy atom. The summed E-state index contributed by atoms with van der Waals surface area (Å²) in [4.78, 5) is 5.63. The molecule has 106 valence electrons. The average molecular weight is 304 g/mol. The van der Waals surface area contributed by atoms with Crippen molar-refractivity contribution in [1.82, 2.24) is 4.90 Å². The zero-order valence-electron chi connectivity index (χ0n) is 11.9. The zero-order valence-corrected chi connectivity index (χ0v) is 13.6. The van der Waals surface area contributed by atoms with Crippen LogP contribution in [0.4, 0.5) is 0 Å². The van der Waals surface area contributed by atoms with Crippen LogP contribution < -0.4 is 5.73 Å². The molecule has 0 aliphatic heterocycles. The first-order valence-electron chi connectivity index (χ1n) is 6.73. The lowest BCUT2D eigenvalue weighted by Crippen LogP contribution is -2.17. The first-order chi connectivity index (χ1) is 9.58. The standard InChI is InChI=1S/C16H20N2S2/c1-3-14-7-8-15(20-14)11-18(2)10-12-5-4-6-13(9-12)16(17)19/h4-9H,3,10-11H2,1-2H3,(H2,17,19). The fourth-order valence-corrected chi connectivity index (χ4v) is 3.32. The van der Waals surface area contributed by atoms with Crippen LogP contribution in [0, 0.1) is 0 Å². The van der Waals surface area contributed by atoms with Crippen molar-refractivity contribution in [3.05, 3.63) is 57.3 Å². The van der Waals surface area contributed by atoms with Crippen LogP contribution in [0.3, 0.4) is 0 Å². The van der Waals surface area contributed by atoms with Gasteiger partial charge in [0.05, 0.1) is 0 Å². The summed E-state index contributed by atoms with van der Waals surface area (Å²) in [5.74, 6) is 0. The Kier molecular flexibility index (Phi) is 5.29. The van der Waals surface area contributed by atoms with E-state index in [2.05, 4.69) is 43.1 Å². The minimum Gasteiger partial charge on any atom is -0.389 e. The maximum Gasteiger partial charge on any atom is 0.103 e. The molecule has 4 heteroatoms. The average Bonchev–Trinajstić information content (AvgIpc) is 2.86. The first-order valence-corrected chi connectivity index (χ1v) is 7.96. The van der Waals surface area contributed by atoms with Crippen LogP contribution in [0.25, 0.3) is 0 Å². The molecule has 1 aromatic carbocycles. The third-order valence-electron chi connectivity index (χ3n) is 3.16. The van der Waals surface area contributed by atoms with Crippen LogP contribution in [0.1, 0.15) is 27.8 Å². The van der Waals surface area contributed by atoms with Gasteiger partial charge in [-0.1, -0.05) is 37.3 Å². The third kappa shape index (κ3) is 4.13. The molecule has 20 heavy (non-hydrogen) atoms. The van der Waals surface area contributed by atoms with Crippen LogP contribution in [0.5, 0.6) is 0 Å². The van der Waals surface area contributed by atoms with Crippen molar-refractivity contribution in [2.24, 2.45) is 5.73 Å². The van der Waals surface area contributed by atoms with Gasteiger partial charge in [-0.15, -0.1) is 11.3 Å². The molecule has 0 bridgehead atoms. The molecule has 1 heterocycles. The number of rotatable bonds is 6. The van der Waals surface area contributed by atoms with Gasteiger partial charge in [-0.25, -0.2) is 0 Å². The van der Waals surface area contributed by atoms with Gasteiger partial charge in [0, 0.05) is 28.4 Å². The summed E-state index contributed by atoms with van der Waals surface area (Å²) in [6.45, 7) is 4.07. The summed E-state index contributed by atoms with van der Waals surface area (Å²) < 4.78 is 0. The van der Waals surface area contributed by atoms with Gasteiger partial charge in [-0.3, -0.25) is 4.90 Å². The highest BCUT2D eigenvalue weighted by Gasteiger charge is 2.05. The molecule has 0 spiro atoms. The van der Waals surface area contributed by atoms with E-state index in [-0.39, 0.29) is 0 Å². The second-order valence-corrected chi connectivity index (χ2v) is 6.65. The second kappa shape index (κ2) is 6.97. The molecule has 2 aromatic rings. The topological polar surface area (TPSA) is 29.3 Å². The molecule has 0 fully saturated rings. The predicted molar refractivity (Wildman–Crippen MR) is 91.2 cm³/mol. The lowest BCUT2D eigenvalue weighted by atomic mass is 10.1. The Morgan fingerprint density at radius 1 is 1.20 bits per heavy atom. The van der Waals surface area contributed by atoms with Crippen molar-refractivity contribution in [2.45, 2.75) is 26.4 Å². The highest BCUT2D eigenvalue weighted by molar-refractivity contribution is 7.80. The van der Waals surface area contributed by atoms with E-state index in [1.165, 1.54) is 15.3 Å². The van der Waals surface area contributed by atoms with E-state index in [0.717, 1.165) is 25.1 Å². The van der Waals surface area contributed by atoms with Gasteiger partial charge in [-0.05, 0) is 37.2 Å². The monoisotopic (exact) mass is 304 g/mol. The second-order valence-electron chi connectivity index (χ2n) is 4.96. The van der Waals surface area contributed by atoms with Crippen LogP contribution in [-0.4, -0.2) is 16.9 Å². The van der Waals surface area contributed by atoms with E-state index in [0.29, 0.717) is 4.99 Å². The summed E-state index contributed by atoms with van der Waals surface area (Å²) in [7, 11) is 2.14. The molecule has 0 aliphatic carbocycles. The van der Waals surface area contributed by atoms with E-state index in [4.69, 9.17) is 18.0 Å². The number of hydrogen-bond donors (Lipinski definition) is 1. The minimum atomic E-state index is 0.459. The Hall–Kier alpha value is -1.23. The SMILES string of the molecule is CCc1ccc(CN(C)Cc2cccc(C(N)=S)c2)s1. The third-order valence-corrected chi connectivity index (χ3v) is 4.61. The van der Waals surface area contributed by atoms with Crippen LogP contribution in [-0.2, 0) is 19.5 Å². The number of nitrogens with zero attached hydrogens (tertiary/aromatic N) is 1. The maximum atomic E-state index is 5.67. The number of aryl methyl sites for hydroxylation is 1. The Morgan fingerprint density at radius 2 is 1.95 bits per heavy atom. The van der Waals surface area contributed by atoms with Gasteiger partial charge in [0.25, 0.3) is 0 Å². The van der Waals surface area contributed by atoms with Crippen molar-refractivity contribution in [3.63, 3.8) is 0 Å². The molecular formula is C16H20N2S2. The van der Waals surface area contributed by atoms with Crippen molar-refractivity contribution in [1.29, 1.82) is 0 Å². The van der Waals surface area contributed by atoms with Gasteiger partial charge < -0.3 is 5.73 Å². The van der Waals surface area contributed by atoms with Crippen molar-refractivity contribution in [2.75, 3.05) is 7.05 Å². The number of hydrogen-bond acceptors (Lipinski definition) is 3.